The summed E-state index contributed by atoms with van der Waals surface area (Å²) in [7, 11) is 0. The van der Waals surface area contributed by atoms with Gasteiger partial charge in [-0.3, -0.25) is 4.90 Å². The van der Waals surface area contributed by atoms with Crippen LogP contribution in [0.3, 0.4) is 0 Å². The van der Waals surface area contributed by atoms with Crippen molar-refractivity contribution in [1.82, 2.24) is 9.80 Å². The van der Waals surface area contributed by atoms with E-state index in [1.54, 1.807) is 0 Å². The third-order valence-electron chi connectivity index (χ3n) is 4.93. The Morgan fingerprint density at radius 1 is 1.07 bits per heavy atom. The average molecular weight is 209 g/mol. The summed E-state index contributed by atoms with van der Waals surface area (Å²) in [5, 5.41) is 0. The van der Waals surface area contributed by atoms with Crippen LogP contribution >= 0.6 is 0 Å². The molecule has 4 aliphatic rings. The lowest BCUT2D eigenvalue weighted by Crippen LogP contribution is -2.69. The second-order valence-corrected chi connectivity index (χ2v) is 5.55. The number of hydrogen-bond acceptors (Lipinski definition) is 3. The van der Waals surface area contributed by atoms with Crippen molar-refractivity contribution in [3.05, 3.63) is 0 Å². The molecule has 4 fully saturated rings. The van der Waals surface area contributed by atoms with Gasteiger partial charge in [0.1, 0.15) is 0 Å². The number of nitrogens with two attached hydrogens (primary N) is 1. The van der Waals surface area contributed by atoms with Gasteiger partial charge in [-0.15, -0.1) is 0 Å². The quantitative estimate of drug-likeness (QED) is 0.719. The molecule has 3 heteroatoms. The van der Waals surface area contributed by atoms with E-state index >= 15 is 0 Å². The largest absolute Gasteiger partial charge is 0.329 e. The first-order valence-electron chi connectivity index (χ1n) is 6.53. The summed E-state index contributed by atoms with van der Waals surface area (Å²) in [5.74, 6) is 0.880. The van der Waals surface area contributed by atoms with E-state index in [4.69, 9.17) is 5.73 Å². The molecular formula is C12H23N3. The lowest BCUT2D eigenvalue weighted by molar-refractivity contribution is -0.0573. The molecule has 15 heavy (non-hydrogen) atoms. The summed E-state index contributed by atoms with van der Waals surface area (Å²) in [4.78, 5) is 5.34. The smallest absolute Gasteiger partial charge is 0.0487 e. The Morgan fingerprint density at radius 3 is 2.20 bits per heavy atom. The molecule has 0 amide bonds. The maximum Gasteiger partial charge on any atom is 0.0487 e. The van der Waals surface area contributed by atoms with Crippen molar-refractivity contribution < 1.29 is 0 Å². The Bertz CT molecular complexity index is 225. The lowest BCUT2D eigenvalue weighted by Gasteiger charge is -2.57. The van der Waals surface area contributed by atoms with Crippen molar-refractivity contribution in [2.75, 3.05) is 39.3 Å². The Morgan fingerprint density at radius 2 is 1.73 bits per heavy atom. The predicted molar refractivity (Wildman–Crippen MR) is 61.8 cm³/mol. The zero-order chi connectivity index (χ0) is 10.3. The molecule has 1 unspecified atom stereocenters. The summed E-state index contributed by atoms with van der Waals surface area (Å²) in [6, 6.07) is 0. The van der Waals surface area contributed by atoms with E-state index in [2.05, 4.69) is 9.80 Å². The van der Waals surface area contributed by atoms with Crippen molar-refractivity contribution in [3.63, 3.8) is 0 Å². The minimum Gasteiger partial charge on any atom is -0.329 e. The van der Waals surface area contributed by atoms with Gasteiger partial charge in [-0.05, 0) is 57.8 Å². The molecule has 0 aliphatic carbocycles. The summed E-state index contributed by atoms with van der Waals surface area (Å²) in [6.07, 6.45) is 5.53. The van der Waals surface area contributed by atoms with Gasteiger partial charge in [0.2, 0.25) is 0 Å². The number of rotatable bonds is 2. The van der Waals surface area contributed by atoms with Crippen LogP contribution in [-0.2, 0) is 0 Å². The van der Waals surface area contributed by atoms with Crippen LogP contribution in [0, 0.1) is 5.92 Å². The monoisotopic (exact) mass is 209 g/mol. The Kier molecular flexibility index (Phi) is 2.49. The van der Waals surface area contributed by atoms with Gasteiger partial charge >= 0.3 is 0 Å². The zero-order valence-corrected chi connectivity index (χ0v) is 9.62. The van der Waals surface area contributed by atoms with Crippen molar-refractivity contribution in [2.24, 2.45) is 11.7 Å². The maximum absolute atomic E-state index is 6.14. The minimum absolute atomic E-state index is 0.354. The van der Waals surface area contributed by atoms with Crippen molar-refractivity contribution in [3.8, 4) is 0 Å². The maximum atomic E-state index is 6.14. The van der Waals surface area contributed by atoms with E-state index in [-0.39, 0.29) is 0 Å². The van der Waals surface area contributed by atoms with E-state index in [0.29, 0.717) is 5.54 Å². The van der Waals surface area contributed by atoms with Crippen LogP contribution in [0.2, 0.25) is 0 Å². The molecule has 4 heterocycles. The topological polar surface area (TPSA) is 32.5 Å². The third kappa shape index (κ3) is 1.44. The predicted octanol–water partition coefficient (Wildman–Crippen LogP) is 0.505. The van der Waals surface area contributed by atoms with Crippen molar-refractivity contribution in [1.29, 1.82) is 0 Å². The van der Waals surface area contributed by atoms with E-state index in [1.807, 2.05) is 0 Å². The molecular weight excluding hydrogens is 186 g/mol. The van der Waals surface area contributed by atoms with Crippen LogP contribution in [0.1, 0.15) is 25.7 Å². The highest BCUT2D eigenvalue weighted by Crippen LogP contribution is 2.40. The fourth-order valence-electron chi connectivity index (χ4n) is 4.03. The fraction of sp³-hybridized carbons (Fsp3) is 1.00. The van der Waals surface area contributed by atoms with Gasteiger partial charge in [0.05, 0.1) is 0 Å². The summed E-state index contributed by atoms with van der Waals surface area (Å²) in [5.41, 5.74) is 6.49. The first kappa shape index (κ1) is 10.1. The normalized spacial score (nSPS) is 46.2. The highest BCUT2D eigenvalue weighted by atomic mass is 15.3. The number of piperidine rings is 3. The third-order valence-corrected chi connectivity index (χ3v) is 4.93. The first-order valence-corrected chi connectivity index (χ1v) is 6.53. The molecule has 0 spiro atoms. The summed E-state index contributed by atoms with van der Waals surface area (Å²) >= 11 is 0. The number of likely N-dealkylation sites (tertiary alicyclic amines) is 1. The summed E-state index contributed by atoms with van der Waals surface area (Å²) < 4.78 is 0. The second kappa shape index (κ2) is 3.72. The van der Waals surface area contributed by atoms with Gasteiger partial charge in [0.15, 0.2) is 0 Å². The van der Waals surface area contributed by atoms with Crippen LogP contribution in [0.25, 0.3) is 0 Å². The molecule has 0 aromatic rings. The highest BCUT2D eigenvalue weighted by Gasteiger charge is 2.49. The van der Waals surface area contributed by atoms with Crippen LogP contribution in [0.4, 0.5) is 0 Å². The van der Waals surface area contributed by atoms with E-state index < -0.39 is 0 Å². The van der Waals surface area contributed by atoms with Crippen molar-refractivity contribution in [2.45, 2.75) is 31.2 Å². The van der Waals surface area contributed by atoms with E-state index in [0.717, 1.165) is 12.5 Å². The molecule has 0 radical (unpaired) electrons. The average Bonchev–Trinajstić information content (AvgIpc) is 2.84. The van der Waals surface area contributed by atoms with Gasteiger partial charge in [-0.1, -0.05) is 0 Å². The van der Waals surface area contributed by atoms with Crippen LogP contribution in [0.5, 0.6) is 0 Å². The van der Waals surface area contributed by atoms with Crippen LogP contribution in [0.15, 0.2) is 0 Å². The van der Waals surface area contributed by atoms with Crippen molar-refractivity contribution >= 4 is 0 Å². The molecule has 1 atom stereocenters. The molecule has 3 nitrogen and oxygen atoms in total. The molecule has 2 N–H and O–H groups in total. The standard InChI is InChI=1S/C12H23N3/c13-9-12(15-5-1-2-6-15)10-14-7-3-11(12)4-8-14/h11H,1-10,13H2. The van der Waals surface area contributed by atoms with Crippen LogP contribution < -0.4 is 5.73 Å². The molecule has 2 bridgehead atoms. The Hall–Kier alpha value is -0.120. The second-order valence-electron chi connectivity index (χ2n) is 5.55. The fourth-order valence-corrected chi connectivity index (χ4v) is 4.03. The van der Waals surface area contributed by atoms with Gasteiger partial charge in [-0.25, -0.2) is 0 Å². The van der Waals surface area contributed by atoms with Crippen LogP contribution in [-0.4, -0.2) is 54.6 Å². The molecule has 4 aliphatic heterocycles. The summed E-state index contributed by atoms with van der Waals surface area (Å²) in [6.45, 7) is 7.34. The van der Waals surface area contributed by atoms with E-state index in [9.17, 15) is 0 Å². The number of nitrogens with zero attached hydrogens (tertiary/aromatic N) is 2. The molecule has 4 rings (SSSR count). The zero-order valence-electron chi connectivity index (χ0n) is 9.62. The van der Waals surface area contributed by atoms with Gasteiger partial charge in [0, 0.05) is 18.6 Å². The molecule has 4 saturated heterocycles. The lowest BCUT2D eigenvalue weighted by atomic mass is 9.72. The van der Waals surface area contributed by atoms with E-state index in [1.165, 1.54) is 58.4 Å². The Balaban J connectivity index is 1.84. The Labute approximate surface area is 92.6 Å². The van der Waals surface area contributed by atoms with Gasteiger partial charge in [-0.2, -0.15) is 0 Å². The van der Waals surface area contributed by atoms with Gasteiger partial charge in [0.25, 0.3) is 0 Å². The number of fused-ring (bicyclic) bond motifs is 3. The molecule has 0 aromatic carbocycles. The highest BCUT2D eigenvalue weighted by molar-refractivity contribution is 5.06. The SMILES string of the molecule is NCC1(N2CCCC2)CN2CCC1CC2. The number of hydrogen-bond donors (Lipinski definition) is 1. The minimum atomic E-state index is 0.354. The molecule has 0 aromatic heterocycles. The molecule has 0 saturated carbocycles. The molecule has 86 valence electrons. The first-order chi connectivity index (χ1) is 7.35. The van der Waals surface area contributed by atoms with Gasteiger partial charge < -0.3 is 10.6 Å².